The van der Waals surface area contributed by atoms with Crippen LogP contribution >= 0.6 is 15.9 Å². The van der Waals surface area contributed by atoms with Crippen LogP contribution in [0.3, 0.4) is 0 Å². The third-order valence-corrected chi connectivity index (χ3v) is 3.45. The van der Waals surface area contributed by atoms with Crippen molar-refractivity contribution in [1.82, 2.24) is 5.32 Å². The molecule has 1 aromatic rings. The number of halogens is 1. The van der Waals surface area contributed by atoms with Crippen LogP contribution in [0.1, 0.15) is 31.9 Å². The molecule has 0 unspecified atom stereocenters. The molecule has 0 spiro atoms. The zero-order valence-corrected chi connectivity index (χ0v) is 12.1. The minimum absolute atomic E-state index is 0.0615. The van der Waals surface area contributed by atoms with Crippen LogP contribution in [-0.2, 0) is 4.79 Å². The van der Waals surface area contributed by atoms with E-state index in [4.69, 9.17) is 0 Å². The summed E-state index contributed by atoms with van der Waals surface area (Å²) in [7, 11) is 1.67. The van der Waals surface area contributed by atoms with Gasteiger partial charge in [-0.05, 0) is 19.1 Å². The summed E-state index contributed by atoms with van der Waals surface area (Å²) in [6.07, 6.45) is 1.00. The molecule has 0 heterocycles. The Morgan fingerprint density at radius 3 is 2.47 bits per heavy atom. The Bertz CT molecular complexity index is 364. The first kappa shape index (κ1) is 14.2. The number of nitrogens with one attached hydrogen (secondary N) is 1. The highest BCUT2D eigenvalue weighted by Crippen LogP contribution is 2.16. The van der Waals surface area contributed by atoms with E-state index in [0.29, 0.717) is 6.04 Å². The maximum atomic E-state index is 11.5. The lowest BCUT2D eigenvalue weighted by molar-refractivity contribution is -0.713. The first-order valence-corrected chi connectivity index (χ1v) is 6.69. The van der Waals surface area contributed by atoms with Gasteiger partial charge in [0.15, 0.2) is 6.04 Å². The number of likely N-dealkylation sites (N-methyl/N-ethyl adjacent to an activating group) is 1. The minimum Gasteiger partial charge on any atom is -0.354 e. The van der Waals surface area contributed by atoms with Crippen molar-refractivity contribution in [2.24, 2.45) is 0 Å². The molecule has 4 heteroatoms. The molecular formula is C13H20BrN2O+. The molecule has 1 aromatic carbocycles. The average molecular weight is 300 g/mol. The highest BCUT2D eigenvalue weighted by molar-refractivity contribution is 9.10. The number of carbonyl (C=O) groups excluding carboxylic acids is 1. The molecular weight excluding hydrogens is 280 g/mol. The number of benzene rings is 1. The molecule has 0 fully saturated rings. The highest BCUT2D eigenvalue weighted by Gasteiger charge is 2.20. The van der Waals surface area contributed by atoms with Crippen LogP contribution in [-0.4, -0.2) is 19.0 Å². The van der Waals surface area contributed by atoms with Gasteiger partial charge in [-0.25, -0.2) is 0 Å². The Hall–Kier alpha value is -0.870. The third kappa shape index (κ3) is 4.13. The van der Waals surface area contributed by atoms with E-state index in [1.54, 1.807) is 7.05 Å². The third-order valence-electron chi connectivity index (χ3n) is 2.92. The zero-order valence-electron chi connectivity index (χ0n) is 10.5. The lowest BCUT2D eigenvalue weighted by Crippen LogP contribution is -2.92. The molecule has 1 rings (SSSR count). The molecule has 0 aliphatic rings. The Labute approximate surface area is 111 Å². The number of quaternary nitrogens is 1. The predicted molar refractivity (Wildman–Crippen MR) is 72.6 cm³/mol. The standard InChI is InChI=1S/C13H19BrN2O/c1-4-12(16-9(2)13(17)15-3)10-5-7-11(14)8-6-10/h5-9,12,16H,4H2,1-3H3,(H,15,17)/p+1/t9-,12-/m0/s1. The topological polar surface area (TPSA) is 45.7 Å². The monoisotopic (exact) mass is 299 g/mol. The molecule has 94 valence electrons. The molecule has 3 N–H and O–H groups in total. The normalized spacial score (nSPS) is 14.1. The van der Waals surface area contributed by atoms with E-state index >= 15 is 0 Å². The van der Waals surface area contributed by atoms with Crippen LogP contribution in [0, 0.1) is 0 Å². The van der Waals surface area contributed by atoms with Gasteiger partial charge in [-0.1, -0.05) is 35.0 Å². The summed E-state index contributed by atoms with van der Waals surface area (Å²) in [5.41, 5.74) is 1.26. The molecule has 0 radical (unpaired) electrons. The Kier molecular flexibility index (Phi) is 5.65. The molecule has 0 bridgehead atoms. The van der Waals surface area contributed by atoms with Crippen LogP contribution in [0.25, 0.3) is 0 Å². The quantitative estimate of drug-likeness (QED) is 0.852. The van der Waals surface area contributed by atoms with Crippen molar-refractivity contribution in [3.8, 4) is 0 Å². The van der Waals surface area contributed by atoms with Gasteiger partial charge in [-0.3, -0.25) is 4.79 Å². The van der Waals surface area contributed by atoms with Crippen LogP contribution < -0.4 is 10.6 Å². The van der Waals surface area contributed by atoms with Crippen molar-refractivity contribution < 1.29 is 10.1 Å². The summed E-state index contributed by atoms with van der Waals surface area (Å²) < 4.78 is 1.08. The molecule has 17 heavy (non-hydrogen) atoms. The zero-order chi connectivity index (χ0) is 12.8. The number of amides is 1. The van der Waals surface area contributed by atoms with Gasteiger partial charge in [-0.15, -0.1) is 0 Å². The van der Waals surface area contributed by atoms with Crippen LogP contribution in [0.2, 0.25) is 0 Å². The number of nitrogens with two attached hydrogens (primary N) is 1. The van der Waals surface area contributed by atoms with Crippen molar-refractivity contribution in [3.63, 3.8) is 0 Å². The first-order valence-electron chi connectivity index (χ1n) is 5.90. The summed E-state index contributed by atoms with van der Waals surface area (Å²) in [6, 6.07) is 8.55. The fourth-order valence-electron chi connectivity index (χ4n) is 1.86. The molecule has 0 saturated heterocycles. The van der Waals surface area contributed by atoms with Crippen molar-refractivity contribution in [1.29, 1.82) is 0 Å². The van der Waals surface area contributed by atoms with E-state index in [-0.39, 0.29) is 11.9 Å². The van der Waals surface area contributed by atoms with E-state index < -0.39 is 0 Å². The summed E-state index contributed by atoms with van der Waals surface area (Å²) >= 11 is 3.43. The second kappa shape index (κ2) is 6.77. The van der Waals surface area contributed by atoms with Crippen LogP contribution in [0.5, 0.6) is 0 Å². The maximum absolute atomic E-state index is 11.5. The average Bonchev–Trinajstić information content (AvgIpc) is 2.35. The maximum Gasteiger partial charge on any atom is 0.277 e. The van der Waals surface area contributed by atoms with Crippen molar-refractivity contribution in [2.45, 2.75) is 32.4 Å². The van der Waals surface area contributed by atoms with Crippen molar-refractivity contribution in [3.05, 3.63) is 34.3 Å². The fourth-order valence-corrected chi connectivity index (χ4v) is 2.12. The summed E-state index contributed by atoms with van der Waals surface area (Å²) in [4.78, 5) is 11.5. The molecule has 0 aliphatic heterocycles. The molecule has 1 amide bonds. The minimum atomic E-state index is -0.0615. The smallest absolute Gasteiger partial charge is 0.277 e. The number of carbonyl (C=O) groups is 1. The Balaban J connectivity index is 2.71. The van der Waals surface area contributed by atoms with Gasteiger partial charge in [0.05, 0.1) is 0 Å². The van der Waals surface area contributed by atoms with E-state index in [2.05, 4.69) is 45.6 Å². The van der Waals surface area contributed by atoms with Gasteiger partial charge in [0, 0.05) is 23.5 Å². The SMILES string of the molecule is CC[C@H]([NH2+][C@@H](C)C(=O)NC)c1ccc(Br)cc1. The van der Waals surface area contributed by atoms with Crippen LogP contribution in [0.15, 0.2) is 28.7 Å². The van der Waals surface area contributed by atoms with Gasteiger partial charge < -0.3 is 10.6 Å². The van der Waals surface area contributed by atoms with Gasteiger partial charge in [0.2, 0.25) is 0 Å². The van der Waals surface area contributed by atoms with Crippen molar-refractivity contribution in [2.75, 3.05) is 7.05 Å². The molecule has 0 aromatic heterocycles. The lowest BCUT2D eigenvalue weighted by atomic mass is 10.0. The number of rotatable bonds is 5. The van der Waals surface area contributed by atoms with Crippen molar-refractivity contribution >= 4 is 21.8 Å². The first-order chi connectivity index (χ1) is 8.08. The highest BCUT2D eigenvalue weighted by atomic mass is 79.9. The Morgan fingerprint density at radius 1 is 1.41 bits per heavy atom. The van der Waals surface area contributed by atoms with E-state index in [9.17, 15) is 4.79 Å². The summed E-state index contributed by atoms with van der Waals surface area (Å²) in [5.74, 6) is 0.0700. The van der Waals surface area contributed by atoms with E-state index in [1.807, 2.05) is 19.1 Å². The molecule has 0 aliphatic carbocycles. The van der Waals surface area contributed by atoms with Gasteiger partial charge in [0.25, 0.3) is 5.91 Å². The number of hydrogen-bond acceptors (Lipinski definition) is 1. The molecule has 3 nitrogen and oxygen atoms in total. The van der Waals surface area contributed by atoms with Gasteiger partial charge in [-0.2, -0.15) is 0 Å². The summed E-state index contributed by atoms with van der Waals surface area (Å²) in [6.45, 7) is 4.07. The second-order valence-corrected chi connectivity index (χ2v) is 5.08. The fraction of sp³-hybridized carbons (Fsp3) is 0.462. The molecule has 0 saturated carbocycles. The largest absolute Gasteiger partial charge is 0.354 e. The lowest BCUT2D eigenvalue weighted by Gasteiger charge is -2.18. The Morgan fingerprint density at radius 2 is 2.00 bits per heavy atom. The number of hydrogen-bond donors (Lipinski definition) is 2. The van der Waals surface area contributed by atoms with Gasteiger partial charge >= 0.3 is 0 Å². The molecule has 2 atom stereocenters. The van der Waals surface area contributed by atoms with E-state index in [1.165, 1.54) is 5.56 Å². The second-order valence-electron chi connectivity index (χ2n) is 4.16. The predicted octanol–water partition coefficient (Wildman–Crippen LogP) is 1.60. The summed E-state index contributed by atoms with van der Waals surface area (Å²) in [5, 5.41) is 4.79. The van der Waals surface area contributed by atoms with E-state index in [0.717, 1.165) is 10.9 Å². The van der Waals surface area contributed by atoms with Gasteiger partial charge in [0.1, 0.15) is 6.04 Å². The van der Waals surface area contributed by atoms with Crippen LogP contribution in [0.4, 0.5) is 0 Å².